The van der Waals surface area contributed by atoms with Crippen LogP contribution in [-0.4, -0.2) is 36.4 Å². The zero-order valence-electron chi connectivity index (χ0n) is 22.1. The second-order valence-corrected chi connectivity index (χ2v) is 11.8. The van der Waals surface area contributed by atoms with E-state index < -0.39 is 0 Å². The highest BCUT2D eigenvalue weighted by Gasteiger charge is 2.31. The molecule has 2 aliphatic rings. The molecule has 210 valence electrons. The van der Waals surface area contributed by atoms with E-state index in [9.17, 15) is 4.79 Å². The number of rotatable bonds is 7. The lowest BCUT2D eigenvalue weighted by molar-refractivity contribution is -0.130. The number of hydrogen-bond donors (Lipinski definition) is 1. The minimum absolute atomic E-state index is 0.0644. The maximum absolute atomic E-state index is 12.6. The molecule has 0 bridgehead atoms. The first kappa shape index (κ1) is 28.2. The van der Waals surface area contributed by atoms with Gasteiger partial charge in [0, 0.05) is 42.0 Å². The number of benzene rings is 4. The number of ether oxygens (including phenoxy) is 2. The van der Waals surface area contributed by atoms with Gasteiger partial charge in [0.1, 0.15) is 17.6 Å². The van der Waals surface area contributed by atoms with E-state index in [4.69, 9.17) is 55.9 Å². The molecule has 5 nitrogen and oxygen atoms in total. The molecule has 2 aliphatic heterocycles. The van der Waals surface area contributed by atoms with Crippen LogP contribution in [0.5, 0.6) is 11.5 Å². The fraction of sp³-hybridized carbons (Fsp3) is 0.219. The van der Waals surface area contributed by atoms with Crippen LogP contribution in [0.4, 0.5) is 0 Å². The number of fused-ring (bicyclic) bond motifs is 2. The van der Waals surface area contributed by atoms with Gasteiger partial charge in [-0.15, -0.1) is 0 Å². The van der Waals surface area contributed by atoms with Gasteiger partial charge in [0.2, 0.25) is 5.91 Å². The monoisotopic (exact) mass is 626 g/mol. The molecule has 0 aromatic heterocycles. The predicted octanol–water partition coefficient (Wildman–Crippen LogP) is 8.29. The van der Waals surface area contributed by atoms with Crippen molar-refractivity contribution >= 4 is 52.3 Å². The average Bonchev–Trinajstić information content (AvgIpc) is 3.55. The van der Waals surface area contributed by atoms with Crippen molar-refractivity contribution in [1.82, 2.24) is 10.2 Å². The van der Waals surface area contributed by atoms with E-state index in [-0.39, 0.29) is 18.2 Å². The molecule has 4 aromatic carbocycles. The summed E-state index contributed by atoms with van der Waals surface area (Å²) in [7, 11) is 0. The molecule has 0 radical (unpaired) electrons. The Morgan fingerprint density at radius 2 is 1.24 bits per heavy atom. The first-order valence-corrected chi connectivity index (χ1v) is 14.8. The van der Waals surface area contributed by atoms with Crippen LogP contribution < -0.4 is 14.8 Å². The predicted molar refractivity (Wildman–Crippen MR) is 165 cm³/mol. The van der Waals surface area contributed by atoms with E-state index in [1.807, 2.05) is 72.8 Å². The summed E-state index contributed by atoms with van der Waals surface area (Å²) in [5.41, 5.74) is 5.28. The Kier molecular flexibility index (Phi) is 8.08. The number of carbonyl (C=O) groups is 1. The van der Waals surface area contributed by atoms with E-state index in [2.05, 4.69) is 5.32 Å². The van der Waals surface area contributed by atoms with Crippen LogP contribution in [0.2, 0.25) is 20.1 Å². The van der Waals surface area contributed by atoms with Gasteiger partial charge in [-0.25, -0.2) is 0 Å². The number of carbonyl (C=O) groups excluding carboxylic acids is 1. The van der Waals surface area contributed by atoms with Crippen LogP contribution in [0.15, 0.2) is 72.8 Å². The van der Waals surface area contributed by atoms with E-state index in [0.717, 1.165) is 44.9 Å². The number of nitrogens with zero attached hydrogens (tertiary/aromatic N) is 1. The Balaban J connectivity index is 1.14. The summed E-state index contributed by atoms with van der Waals surface area (Å²) in [6.45, 7) is 2.27. The number of para-hydroxylation sites is 2. The van der Waals surface area contributed by atoms with Crippen LogP contribution in [0.25, 0.3) is 22.3 Å². The Labute approximate surface area is 258 Å². The maximum atomic E-state index is 12.6. The smallest absolute Gasteiger partial charge is 0.220 e. The largest absolute Gasteiger partial charge is 0.487 e. The first-order valence-electron chi connectivity index (χ1n) is 13.2. The van der Waals surface area contributed by atoms with Gasteiger partial charge >= 0.3 is 0 Å². The molecule has 6 rings (SSSR count). The van der Waals surface area contributed by atoms with E-state index in [1.165, 1.54) is 0 Å². The van der Waals surface area contributed by atoms with Crippen molar-refractivity contribution in [3.63, 3.8) is 0 Å². The Bertz CT molecular complexity index is 1600. The third-order valence-electron chi connectivity index (χ3n) is 7.43. The summed E-state index contributed by atoms with van der Waals surface area (Å²) in [6.07, 6.45) is 0.783. The Hall–Kier alpha value is -2.93. The summed E-state index contributed by atoms with van der Waals surface area (Å²) < 4.78 is 12.7. The van der Waals surface area contributed by atoms with Gasteiger partial charge in [0.05, 0.1) is 33.3 Å². The molecule has 9 heteroatoms. The molecule has 0 fully saturated rings. The van der Waals surface area contributed by atoms with Crippen molar-refractivity contribution in [3.8, 4) is 33.8 Å². The third kappa shape index (κ3) is 5.62. The second-order valence-electron chi connectivity index (χ2n) is 10.1. The fourth-order valence-electron chi connectivity index (χ4n) is 5.49. The van der Waals surface area contributed by atoms with Crippen LogP contribution in [0.3, 0.4) is 0 Å². The normalized spacial score (nSPS) is 17.0. The summed E-state index contributed by atoms with van der Waals surface area (Å²) >= 11 is 26.0. The van der Waals surface area contributed by atoms with Crippen molar-refractivity contribution < 1.29 is 14.3 Å². The van der Waals surface area contributed by atoms with Gasteiger partial charge in [0.25, 0.3) is 0 Å². The lowest BCUT2D eigenvalue weighted by Crippen LogP contribution is -2.47. The quantitative estimate of drug-likeness (QED) is 0.209. The summed E-state index contributed by atoms with van der Waals surface area (Å²) in [5, 5.41) is 5.63. The molecule has 0 spiro atoms. The minimum atomic E-state index is -0.315. The highest BCUT2D eigenvalue weighted by molar-refractivity contribution is 6.40. The summed E-state index contributed by atoms with van der Waals surface area (Å²) in [4.78, 5) is 14.4. The van der Waals surface area contributed by atoms with E-state index in [0.29, 0.717) is 46.1 Å². The van der Waals surface area contributed by atoms with Crippen molar-refractivity contribution in [2.75, 3.05) is 13.2 Å². The highest BCUT2D eigenvalue weighted by Crippen LogP contribution is 2.45. The third-order valence-corrected chi connectivity index (χ3v) is 8.69. The molecule has 4 aromatic rings. The molecule has 2 heterocycles. The molecule has 2 atom stereocenters. The Morgan fingerprint density at radius 1 is 0.756 bits per heavy atom. The number of hydrogen-bond acceptors (Lipinski definition) is 4. The zero-order valence-corrected chi connectivity index (χ0v) is 25.1. The Morgan fingerprint density at radius 3 is 1.78 bits per heavy atom. The standard InChI is InChI=1S/C32H26Cl4N2O3/c1-18(39)38(16-21-14-19-6-2-8-22(31(19)40-21)29-24(33)10-4-11-25(29)34)17-37-28-15-20-7-3-9-23(32(20)41-28)30-26(35)12-5-13-27(30)36/h2-13,21,28,37H,14-17H2,1H3. The molecule has 0 saturated heterocycles. The van der Waals surface area contributed by atoms with Gasteiger partial charge in [-0.05, 0) is 35.4 Å². The van der Waals surface area contributed by atoms with Gasteiger partial charge in [0.15, 0.2) is 6.23 Å². The second kappa shape index (κ2) is 11.7. The molecule has 0 saturated carbocycles. The van der Waals surface area contributed by atoms with Gasteiger partial charge < -0.3 is 14.4 Å². The molecule has 1 N–H and O–H groups in total. The highest BCUT2D eigenvalue weighted by atomic mass is 35.5. The van der Waals surface area contributed by atoms with Gasteiger partial charge in [-0.1, -0.05) is 94.9 Å². The van der Waals surface area contributed by atoms with Crippen LogP contribution in [0.1, 0.15) is 18.1 Å². The van der Waals surface area contributed by atoms with Gasteiger partial charge in [-0.3, -0.25) is 10.1 Å². The van der Waals surface area contributed by atoms with Crippen LogP contribution in [0, 0.1) is 0 Å². The fourth-order valence-corrected chi connectivity index (χ4v) is 6.69. The molecule has 41 heavy (non-hydrogen) atoms. The maximum Gasteiger partial charge on any atom is 0.220 e. The lowest BCUT2D eigenvalue weighted by atomic mass is 10.0. The van der Waals surface area contributed by atoms with E-state index in [1.54, 1.807) is 11.8 Å². The lowest BCUT2D eigenvalue weighted by Gasteiger charge is -2.26. The van der Waals surface area contributed by atoms with Crippen molar-refractivity contribution in [1.29, 1.82) is 0 Å². The number of nitrogens with one attached hydrogen (secondary N) is 1. The molecule has 2 unspecified atom stereocenters. The van der Waals surface area contributed by atoms with Gasteiger partial charge in [-0.2, -0.15) is 0 Å². The first-order chi connectivity index (χ1) is 19.8. The van der Waals surface area contributed by atoms with Crippen LogP contribution in [-0.2, 0) is 17.6 Å². The topological polar surface area (TPSA) is 50.8 Å². The molecule has 0 aliphatic carbocycles. The molecular weight excluding hydrogens is 602 g/mol. The zero-order chi connectivity index (χ0) is 28.7. The van der Waals surface area contributed by atoms with Crippen molar-refractivity contribution in [2.45, 2.75) is 32.1 Å². The van der Waals surface area contributed by atoms with Crippen molar-refractivity contribution in [3.05, 3.63) is 104 Å². The number of amides is 1. The van der Waals surface area contributed by atoms with Crippen LogP contribution >= 0.6 is 46.4 Å². The summed E-state index contributed by atoms with van der Waals surface area (Å²) in [6, 6.07) is 22.8. The molecule has 1 amide bonds. The van der Waals surface area contributed by atoms with Crippen molar-refractivity contribution in [2.24, 2.45) is 0 Å². The summed E-state index contributed by atoms with van der Waals surface area (Å²) in [5.74, 6) is 1.43. The number of halogens is 4. The average molecular weight is 628 g/mol. The SMILES string of the molecule is CC(=O)N(CNC1Cc2cccc(-c3c(Cl)cccc3Cl)c2O1)CC1Cc2cccc(-c3c(Cl)cccc3Cl)c2O1. The molecular formula is C32H26Cl4N2O3. The minimum Gasteiger partial charge on any atom is -0.487 e. The van der Waals surface area contributed by atoms with E-state index >= 15 is 0 Å².